The summed E-state index contributed by atoms with van der Waals surface area (Å²) in [7, 11) is 2.00. The molecule has 1 N–H and O–H groups in total. The topological polar surface area (TPSA) is 53.9 Å². The van der Waals surface area contributed by atoms with Crippen LogP contribution in [0.4, 0.5) is 5.82 Å². The van der Waals surface area contributed by atoms with Crippen molar-refractivity contribution in [2.45, 2.75) is 39.4 Å². The quantitative estimate of drug-likeness (QED) is 0.914. The van der Waals surface area contributed by atoms with Crippen molar-refractivity contribution >= 4 is 5.82 Å². The molecule has 0 aliphatic rings. The van der Waals surface area contributed by atoms with Crippen LogP contribution in [-0.2, 0) is 13.1 Å². The minimum absolute atomic E-state index is 0.0808. The van der Waals surface area contributed by atoms with Gasteiger partial charge in [0.05, 0.1) is 18.1 Å². The van der Waals surface area contributed by atoms with E-state index < -0.39 is 0 Å². The van der Waals surface area contributed by atoms with Gasteiger partial charge in [-0.2, -0.15) is 0 Å². The molecule has 5 heteroatoms. The van der Waals surface area contributed by atoms with Gasteiger partial charge in [-0.1, -0.05) is 6.07 Å². The summed E-state index contributed by atoms with van der Waals surface area (Å²) in [5.74, 6) is 0.860. The molecule has 0 saturated carbocycles. The van der Waals surface area contributed by atoms with Gasteiger partial charge in [-0.05, 0) is 32.4 Å². The summed E-state index contributed by atoms with van der Waals surface area (Å²) in [6, 6.07) is 3.99. The number of pyridine rings is 1. The van der Waals surface area contributed by atoms with Gasteiger partial charge in [-0.15, -0.1) is 0 Å². The van der Waals surface area contributed by atoms with E-state index >= 15 is 0 Å². The zero-order valence-electron chi connectivity index (χ0n) is 13.2. The van der Waals surface area contributed by atoms with Gasteiger partial charge in [0.25, 0.3) is 0 Å². The van der Waals surface area contributed by atoms with Crippen LogP contribution in [0.15, 0.2) is 36.9 Å². The molecule has 0 unspecified atom stereocenters. The van der Waals surface area contributed by atoms with Gasteiger partial charge >= 0.3 is 0 Å². The lowest BCUT2D eigenvalue weighted by Crippen LogP contribution is -2.35. The molecular formula is C16H23N5. The van der Waals surface area contributed by atoms with Crippen LogP contribution in [0.3, 0.4) is 0 Å². The van der Waals surface area contributed by atoms with Crippen LogP contribution in [0.25, 0.3) is 0 Å². The summed E-state index contributed by atoms with van der Waals surface area (Å²) in [4.78, 5) is 15.1. The van der Waals surface area contributed by atoms with Crippen LogP contribution < -0.4 is 10.2 Å². The Kier molecular flexibility index (Phi) is 4.85. The molecule has 0 fully saturated rings. The van der Waals surface area contributed by atoms with Crippen molar-refractivity contribution < 1.29 is 0 Å². The second kappa shape index (κ2) is 6.63. The fourth-order valence-electron chi connectivity index (χ4n) is 1.84. The molecule has 0 saturated heterocycles. The van der Waals surface area contributed by atoms with Crippen LogP contribution >= 0.6 is 0 Å². The molecule has 0 aromatic carbocycles. The van der Waals surface area contributed by atoms with E-state index in [1.807, 2.05) is 31.7 Å². The molecule has 112 valence electrons. The van der Waals surface area contributed by atoms with Gasteiger partial charge in [0.15, 0.2) is 0 Å². The highest BCUT2D eigenvalue weighted by Gasteiger charge is 2.09. The zero-order chi connectivity index (χ0) is 15.3. The predicted molar refractivity (Wildman–Crippen MR) is 85.0 cm³/mol. The van der Waals surface area contributed by atoms with Crippen molar-refractivity contribution in [2.24, 2.45) is 0 Å². The van der Waals surface area contributed by atoms with Crippen molar-refractivity contribution in [3.8, 4) is 0 Å². The monoisotopic (exact) mass is 285 g/mol. The Hall–Kier alpha value is -2.01. The normalized spacial score (nSPS) is 11.4. The van der Waals surface area contributed by atoms with Gasteiger partial charge in [0.2, 0.25) is 0 Å². The second-order valence-corrected chi connectivity index (χ2v) is 6.19. The van der Waals surface area contributed by atoms with Crippen LogP contribution in [0.5, 0.6) is 0 Å². The Labute approximate surface area is 126 Å². The molecular weight excluding hydrogens is 262 g/mol. The van der Waals surface area contributed by atoms with Gasteiger partial charge < -0.3 is 10.2 Å². The molecule has 0 spiro atoms. The van der Waals surface area contributed by atoms with Crippen LogP contribution in [0.2, 0.25) is 0 Å². The summed E-state index contributed by atoms with van der Waals surface area (Å²) < 4.78 is 0. The number of aromatic nitrogens is 3. The smallest absolute Gasteiger partial charge is 0.147 e. The lowest BCUT2D eigenvalue weighted by atomic mass is 10.1. The van der Waals surface area contributed by atoms with Crippen LogP contribution in [0, 0.1) is 0 Å². The lowest BCUT2D eigenvalue weighted by molar-refractivity contribution is 0.421. The number of rotatable bonds is 5. The van der Waals surface area contributed by atoms with Crippen molar-refractivity contribution in [1.82, 2.24) is 20.3 Å². The molecule has 0 bridgehead atoms. The molecule has 21 heavy (non-hydrogen) atoms. The highest BCUT2D eigenvalue weighted by molar-refractivity contribution is 5.35. The Morgan fingerprint density at radius 1 is 1.14 bits per heavy atom. The van der Waals surface area contributed by atoms with E-state index in [2.05, 4.69) is 52.0 Å². The standard InChI is InChI=1S/C16H23N5/c1-16(2,3)20-10-14-9-19-15(11-18-14)21(4)12-13-6-5-7-17-8-13/h5-9,11,20H,10,12H2,1-4H3. The number of nitrogens with zero attached hydrogens (tertiary/aromatic N) is 4. The molecule has 2 rings (SSSR count). The first kappa shape index (κ1) is 15.4. The third kappa shape index (κ3) is 5.11. The van der Waals surface area contributed by atoms with Gasteiger partial charge in [-0.25, -0.2) is 4.98 Å². The summed E-state index contributed by atoms with van der Waals surface area (Å²) >= 11 is 0. The molecule has 5 nitrogen and oxygen atoms in total. The van der Waals surface area contributed by atoms with Crippen molar-refractivity contribution in [1.29, 1.82) is 0 Å². The Bertz CT molecular complexity index is 545. The van der Waals surface area contributed by atoms with Gasteiger partial charge in [-0.3, -0.25) is 9.97 Å². The van der Waals surface area contributed by atoms with E-state index in [0.717, 1.165) is 30.2 Å². The predicted octanol–water partition coefficient (Wildman–Crippen LogP) is 2.40. The number of nitrogens with one attached hydrogen (secondary N) is 1. The maximum absolute atomic E-state index is 4.48. The number of hydrogen-bond donors (Lipinski definition) is 1. The van der Waals surface area contributed by atoms with E-state index in [1.54, 1.807) is 6.20 Å². The largest absolute Gasteiger partial charge is 0.354 e. The maximum atomic E-state index is 4.48. The first-order chi connectivity index (χ1) is 9.94. The summed E-state index contributed by atoms with van der Waals surface area (Å²) in [5.41, 5.74) is 2.18. The molecule has 2 aromatic heterocycles. The van der Waals surface area contributed by atoms with E-state index in [0.29, 0.717) is 0 Å². The number of hydrogen-bond acceptors (Lipinski definition) is 5. The average Bonchev–Trinajstić information content (AvgIpc) is 2.46. The number of anilines is 1. The second-order valence-electron chi connectivity index (χ2n) is 6.19. The summed E-state index contributed by atoms with van der Waals surface area (Å²) in [6.45, 7) is 7.90. The molecule has 0 amide bonds. The van der Waals surface area contributed by atoms with Crippen molar-refractivity contribution in [3.05, 3.63) is 48.2 Å². The van der Waals surface area contributed by atoms with E-state index in [4.69, 9.17) is 0 Å². The average molecular weight is 285 g/mol. The fourth-order valence-corrected chi connectivity index (χ4v) is 1.84. The van der Waals surface area contributed by atoms with E-state index in [9.17, 15) is 0 Å². The van der Waals surface area contributed by atoms with Crippen molar-refractivity contribution in [3.63, 3.8) is 0 Å². The fraction of sp³-hybridized carbons (Fsp3) is 0.438. The Morgan fingerprint density at radius 2 is 1.95 bits per heavy atom. The maximum Gasteiger partial charge on any atom is 0.147 e. The van der Waals surface area contributed by atoms with E-state index in [-0.39, 0.29) is 5.54 Å². The molecule has 0 aliphatic carbocycles. The molecule has 0 radical (unpaired) electrons. The SMILES string of the molecule is CN(Cc1cccnc1)c1cnc(CNC(C)(C)C)cn1. The van der Waals surface area contributed by atoms with Gasteiger partial charge in [0, 0.05) is 38.1 Å². The molecule has 2 heterocycles. The minimum atomic E-state index is 0.0808. The van der Waals surface area contributed by atoms with Crippen molar-refractivity contribution in [2.75, 3.05) is 11.9 Å². The first-order valence-electron chi connectivity index (χ1n) is 7.10. The summed E-state index contributed by atoms with van der Waals surface area (Å²) in [5, 5.41) is 3.40. The summed E-state index contributed by atoms with van der Waals surface area (Å²) in [6.07, 6.45) is 7.29. The first-order valence-corrected chi connectivity index (χ1v) is 7.10. The van der Waals surface area contributed by atoms with E-state index in [1.165, 1.54) is 0 Å². The highest BCUT2D eigenvalue weighted by Crippen LogP contribution is 2.11. The molecule has 0 aliphatic heterocycles. The third-order valence-corrected chi connectivity index (χ3v) is 3.03. The Morgan fingerprint density at radius 3 is 2.52 bits per heavy atom. The lowest BCUT2D eigenvalue weighted by Gasteiger charge is -2.21. The van der Waals surface area contributed by atoms with Gasteiger partial charge in [0.1, 0.15) is 5.82 Å². The minimum Gasteiger partial charge on any atom is -0.354 e. The molecule has 2 aromatic rings. The molecule has 0 atom stereocenters. The van der Waals surface area contributed by atoms with Crippen LogP contribution in [0.1, 0.15) is 32.0 Å². The zero-order valence-corrected chi connectivity index (χ0v) is 13.2. The Balaban J connectivity index is 1.95. The highest BCUT2D eigenvalue weighted by atomic mass is 15.2. The third-order valence-electron chi connectivity index (χ3n) is 3.03. The van der Waals surface area contributed by atoms with Crippen LogP contribution in [-0.4, -0.2) is 27.5 Å².